The van der Waals surface area contributed by atoms with Crippen LogP contribution < -0.4 is 5.32 Å². The van der Waals surface area contributed by atoms with Gasteiger partial charge in [0.2, 0.25) is 0 Å². The molecule has 0 fully saturated rings. The monoisotopic (exact) mass is 311 g/mol. The highest BCUT2D eigenvalue weighted by Gasteiger charge is 2.15. The van der Waals surface area contributed by atoms with Crippen molar-refractivity contribution in [3.63, 3.8) is 0 Å². The molecule has 1 aromatic heterocycles. The fraction of sp³-hybridized carbons (Fsp3) is 0.400. The SMILES string of the molecule is CCNC(CCc1cnn(C)c1)c1cccc(Cl)c1Cl. The van der Waals surface area contributed by atoms with Gasteiger partial charge in [-0.15, -0.1) is 0 Å². The molecule has 0 aliphatic carbocycles. The summed E-state index contributed by atoms with van der Waals surface area (Å²) in [6, 6.07) is 5.99. The van der Waals surface area contributed by atoms with E-state index in [0.717, 1.165) is 24.9 Å². The molecule has 0 aliphatic heterocycles. The number of nitrogens with zero attached hydrogens (tertiary/aromatic N) is 2. The summed E-state index contributed by atoms with van der Waals surface area (Å²) in [5.74, 6) is 0. The summed E-state index contributed by atoms with van der Waals surface area (Å²) >= 11 is 12.4. The molecule has 20 heavy (non-hydrogen) atoms. The smallest absolute Gasteiger partial charge is 0.0640 e. The van der Waals surface area contributed by atoms with Crippen molar-refractivity contribution in [3.8, 4) is 0 Å². The summed E-state index contributed by atoms with van der Waals surface area (Å²) in [4.78, 5) is 0. The normalized spacial score (nSPS) is 12.6. The molecule has 2 rings (SSSR count). The summed E-state index contributed by atoms with van der Waals surface area (Å²) in [6.07, 6.45) is 5.86. The Kier molecular flexibility index (Phi) is 5.46. The Labute approximate surface area is 129 Å². The van der Waals surface area contributed by atoms with Crippen molar-refractivity contribution in [2.24, 2.45) is 7.05 Å². The lowest BCUT2D eigenvalue weighted by Crippen LogP contribution is -2.21. The van der Waals surface area contributed by atoms with E-state index in [9.17, 15) is 0 Å². The fourth-order valence-corrected chi connectivity index (χ4v) is 2.76. The zero-order valence-electron chi connectivity index (χ0n) is 11.7. The van der Waals surface area contributed by atoms with Crippen LogP contribution in [0.15, 0.2) is 30.6 Å². The van der Waals surface area contributed by atoms with Crippen molar-refractivity contribution in [2.75, 3.05) is 6.54 Å². The first-order valence-electron chi connectivity index (χ1n) is 6.76. The maximum absolute atomic E-state index is 6.32. The predicted octanol–water partition coefficient (Wildman–Crippen LogP) is 4.01. The average Bonchev–Trinajstić information content (AvgIpc) is 2.84. The van der Waals surface area contributed by atoms with E-state index in [1.165, 1.54) is 5.56 Å². The summed E-state index contributed by atoms with van der Waals surface area (Å²) in [6.45, 7) is 2.98. The van der Waals surface area contributed by atoms with Gasteiger partial charge in [0.25, 0.3) is 0 Å². The minimum Gasteiger partial charge on any atom is -0.310 e. The molecule has 0 bridgehead atoms. The fourth-order valence-electron chi connectivity index (χ4n) is 2.32. The highest BCUT2D eigenvalue weighted by atomic mass is 35.5. The number of hydrogen-bond donors (Lipinski definition) is 1. The summed E-state index contributed by atoms with van der Waals surface area (Å²) < 4.78 is 1.82. The van der Waals surface area contributed by atoms with E-state index in [2.05, 4.69) is 17.3 Å². The summed E-state index contributed by atoms with van der Waals surface area (Å²) in [5, 5.41) is 8.92. The lowest BCUT2D eigenvalue weighted by atomic mass is 10.00. The lowest BCUT2D eigenvalue weighted by Gasteiger charge is -2.19. The molecule has 5 heteroatoms. The van der Waals surface area contributed by atoms with Crippen molar-refractivity contribution in [3.05, 3.63) is 51.8 Å². The number of aromatic nitrogens is 2. The van der Waals surface area contributed by atoms with Crippen LogP contribution in [0, 0.1) is 0 Å². The Balaban J connectivity index is 2.12. The van der Waals surface area contributed by atoms with Crippen LogP contribution in [-0.2, 0) is 13.5 Å². The van der Waals surface area contributed by atoms with Crippen LogP contribution in [0.2, 0.25) is 10.0 Å². The first-order chi connectivity index (χ1) is 9.61. The molecule has 0 aliphatic rings. The molecular formula is C15H19Cl2N3. The van der Waals surface area contributed by atoms with E-state index in [-0.39, 0.29) is 6.04 Å². The molecule has 3 nitrogen and oxygen atoms in total. The molecule has 0 saturated heterocycles. The van der Waals surface area contributed by atoms with Crippen LogP contribution in [0.3, 0.4) is 0 Å². The van der Waals surface area contributed by atoms with E-state index in [4.69, 9.17) is 23.2 Å². The van der Waals surface area contributed by atoms with Crippen LogP contribution in [0.1, 0.15) is 30.5 Å². The Bertz CT molecular complexity index is 566. The second-order valence-electron chi connectivity index (χ2n) is 4.81. The summed E-state index contributed by atoms with van der Waals surface area (Å²) in [7, 11) is 1.93. The number of benzene rings is 1. The summed E-state index contributed by atoms with van der Waals surface area (Å²) in [5.41, 5.74) is 2.29. The molecule has 2 aromatic rings. The van der Waals surface area contributed by atoms with Crippen molar-refractivity contribution in [1.82, 2.24) is 15.1 Å². The molecule has 1 atom stereocenters. The highest BCUT2D eigenvalue weighted by molar-refractivity contribution is 6.42. The minimum atomic E-state index is 0.200. The third-order valence-electron chi connectivity index (χ3n) is 3.29. The van der Waals surface area contributed by atoms with Crippen LogP contribution in [0.4, 0.5) is 0 Å². The minimum absolute atomic E-state index is 0.200. The quantitative estimate of drug-likeness (QED) is 0.873. The second kappa shape index (κ2) is 7.11. The van der Waals surface area contributed by atoms with Gasteiger partial charge in [0.05, 0.1) is 16.2 Å². The van der Waals surface area contributed by atoms with Gasteiger partial charge < -0.3 is 5.32 Å². The molecule has 1 unspecified atom stereocenters. The third kappa shape index (κ3) is 3.75. The van der Waals surface area contributed by atoms with Gasteiger partial charge in [0.1, 0.15) is 0 Å². The first-order valence-corrected chi connectivity index (χ1v) is 7.52. The Morgan fingerprint density at radius 1 is 1.35 bits per heavy atom. The zero-order valence-corrected chi connectivity index (χ0v) is 13.2. The van der Waals surface area contributed by atoms with Gasteiger partial charge in [0.15, 0.2) is 0 Å². The maximum Gasteiger partial charge on any atom is 0.0640 e. The number of halogens is 2. The van der Waals surface area contributed by atoms with Crippen molar-refractivity contribution in [2.45, 2.75) is 25.8 Å². The molecule has 0 saturated carbocycles. The van der Waals surface area contributed by atoms with Crippen molar-refractivity contribution in [1.29, 1.82) is 0 Å². The van der Waals surface area contributed by atoms with Crippen molar-refractivity contribution >= 4 is 23.2 Å². The predicted molar refractivity (Wildman–Crippen MR) is 84.4 cm³/mol. The highest BCUT2D eigenvalue weighted by Crippen LogP contribution is 2.31. The standard InChI is InChI=1S/C15H19Cl2N3/c1-3-18-14(8-7-11-9-19-20(2)10-11)12-5-4-6-13(16)15(12)17/h4-6,9-10,14,18H,3,7-8H2,1-2H3. The molecule has 1 heterocycles. The first kappa shape index (κ1) is 15.4. The molecule has 1 aromatic carbocycles. The molecule has 0 radical (unpaired) electrons. The van der Waals surface area contributed by atoms with E-state index >= 15 is 0 Å². The van der Waals surface area contributed by atoms with E-state index in [0.29, 0.717) is 10.0 Å². The molecule has 108 valence electrons. The largest absolute Gasteiger partial charge is 0.310 e. The van der Waals surface area contributed by atoms with Gasteiger partial charge in [0, 0.05) is 19.3 Å². The van der Waals surface area contributed by atoms with Gasteiger partial charge in [-0.2, -0.15) is 5.10 Å². The van der Waals surface area contributed by atoms with E-state index < -0.39 is 0 Å². The van der Waals surface area contributed by atoms with Gasteiger partial charge in [-0.25, -0.2) is 0 Å². The number of aryl methyl sites for hydroxylation is 2. The Hall–Kier alpha value is -1.03. The van der Waals surface area contributed by atoms with Crippen LogP contribution >= 0.6 is 23.2 Å². The molecular weight excluding hydrogens is 293 g/mol. The third-order valence-corrected chi connectivity index (χ3v) is 4.12. The zero-order chi connectivity index (χ0) is 14.5. The van der Waals surface area contributed by atoms with Crippen LogP contribution in [-0.4, -0.2) is 16.3 Å². The number of nitrogens with one attached hydrogen (secondary N) is 1. The van der Waals surface area contributed by atoms with Gasteiger partial charge in [-0.05, 0) is 36.6 Å². The van der Waals surface area contributed by atoms with Crippen LogP contribution in [0.25, 0.3) is 0 Å². The van der Waals surface area contributed by atoms with Gasteiger partial charge in [-0.3, -0.25) is 4.68 Å². The van der Waals surface area contributed by atoms with Gasteiger partial charge in [-0.1, -0.05) is 42.3 Å². The topological polar surface area (TPSA) is 29.9 Å². The van der Waals surface area contributed by atoms with Gasteiger partial charge >= 0.3 is 0 Å². The number of hydrogen-bond acceptors (Lipinski definition) is 2. The molecule has 0 spiro atoms. The molecule has 1 N–H and O–H groups in total. The molecule has 0 amide bonds. The van der Waals surface area contributed by atoms with Crippen LogP contribution in [0.5, 0.6) is 0 Å². The van der Waals surface area contributed by atoms with E-state index in [1.54, 1.807) is 0 Å². The Morgan fingerprint density at radius 3 is 2.80 bits per heavy atom. The average molecular weight is 312 g/mol. The van der Waals surface area contributed by atoms with E-state index in [1.807, 2.05) is 42.3 Å². The second-order valence-corrected chi connectivity index (χ2v) is 5.60. The number of rotatable bonds is 6. The van der Waals surface area contributed by atoms with Crippen molar-refractivity contribution < 1.29 is 0 Å². The Morgan fingerprint density at radius 2 is 2.15 bits per heavy atom. The maximum atomic E-state index is 6.32. The lowest BCUT2D eigenvalue weighted by molar-refractivity contribution is 0.515.